The van der Waals surface area contributed by atoms with Crippen LogP contribution in [-0.4, -0.2) is 21.4 Å². The Morgan fingerprint density at radius 1 is 0.574 bits per heavy atom. The molecule has 280 valence electrons. The number of halogens is 3. The molecule has 0 fully saturated rings. The Balaban J connectivity index is 0.000000210. The van der Waals surface area contributed by atoms with Gasteiger partial charge in [-0.3, -0.25) is 0 Å². The van der Waals surface area contributed by atoms with E-state index in [-0.39, 0.29) is 38.8 Å². The van der Waals surface area contributed by atoms with Crippen LogP contribution in [0, 0.1) is 5.82 Å². The smallest absolute Gasteiger partial charge is 0.213 e. The second-order valence-corrected chi connectivity index (χ2v) is 18.1. The summed E-state index contributed by atoms with van der Waals surface area (Å²) in [7, 11) is 9.80. The molecule has 0 aliphatic rings. The van der Waals surface area contributed by atoms with Gasteiger partial charge in [0.05, 0.1) is 0 Å². The molecule has 0 bridgehead atoms. The summed E-state index contributed by atoms with van der Waals surface area (Å²) in [4.78, 5) is 1.71. The Kier molecular flexibility index (Phi) is 21.1. The molecule has 0 atom stereocenters. The molecule has 0 saturated heterocycles. The van der Waals surface area contributed by atoms with E-state index >= 15 is 0 Å². The molecule has 0 saturated carbocycles. The number of hydrogen-bond acceptors (Lipinski definition) is 4. The van der Waals surface area contributed by atoms with Gasteiger partial charge in [-0.25, -0.2) is 28.7 Å². The molecule has 0 radical (unpaired) electrons. The molecule has 0 aromatic heterocycles. The molecule has 0 amide bonds. The maximum atomic E-state index is 13.0. The molecular weight excluding hydrogens is 891 g/mol. The normalized spacial score (nSPS) is 10.1. The molecule has 0 heterocycles. The van der Waals surface area contributed by atoms with Crippen molar-refractivity contribution < 1.29 is 52.1 Å². The number of nitrogens with zero attached hydrogens (tertiary/aromatic N) is 1. The second-order valence-electron chi connectivity index (χ2n) is 11.3. The molecule has 12 heteroatoms. The fraction of sp³-hybridized carbons (Fsp3) is 0.0476. The summed E-state index contributed by atoms with van der Waals surface area (Å²) in [6.07, 6.45) is 0. The van der Waals surface area contributed by atoms with Crippen molar-refractivity contribution in [3.63, 3.8) is 0 Å². The van der Waals surface area contributed by atoms with Crippen molar-refractivity contribution in [2.45, 2.75) is 0 Å². The van der Waals surface area contributed by atoms with Crippen molar-refractivity contribution in [3.05, 3.63) is 194 Å². The van der Waals surface area contributed by atoms with Crippen molar-refractivity contribution >= 4 is 79.7 Å². The third-order valence-electron chi connectivity index (χ3n) is 7.52. The summed E-state index contributed by atoms with van der Waals surface area (Å²) in [5.74, 6) is -1.03. The van der Waals surface area contributed by atoms with Crippen molar-refractivity contribution in [2.24, 2.45) is 0 Å². The summed E-state index contributed by atoms with van der Waals surface area (Å²) < 4.78 is 17.2. The Hall–Kier alpha value is -3.06. The van der Waals surface area contributed by atoms with E-state index in [1.807, 2.05) is 0 Å². The van der Waals surface area contributed by atoms with E-state index in [2.05, 4.69) is 175 Å². The molecule has 0 aliphatic carbocycles. The molecule has 4 nitrogen and oxygen atoms in total. The zero-order chi connectivity index (χ0) is 37.8. The van der Waals surface area contributed by atoms with E-state index < -0.39 is 29.0 Å². The molecule has 7 rings (SSSR count). The van der Waals surface area contributed by atoms with Gasteiger partial charge in [0, 0.05) is 25.8 Å². The SMILES string of the molecule is CN(C)c1ccc(F)c(OB([O-])[O-])c1.[Cl][Pd+2][Cl].[Fe+2].c1ccc(P(c2ccccc2)[c-]2cccc2)cc1.c1ccc(P(c2ccccc2)[c-]2cccc2)cc1. The van der Waals surface area contributed by atoms with Gasteiger partial charge in [0.25, 0.3) is 0 Å². The van der Waals surface area contributed by atoms with Crippen LogP contribution in [0.25, 0.3) is 0 Å². The van der Waals surface area contributed by atoms with Gasteiger partial charge < -0.3 is 19.6 Å². The Morgan fingerprint density at radius 2 is 0.889 bits per heavy atom. The number of hydrogen-bond donors (Lipinski definition) is 0. The standard InChI is InChI=1S/2C17H14P.C8H9BFNO3.2ClH.Fe.Pd/c2*1-3-9-15(10-4-1)18(17-13-7-8-14-17)16-11-5-2-6-12-16;1-11(2)6-3-4-7(10)8(5-6)14-9(12)13;;;;/h2*1-14H;3-5H,1-2H3;2*1H;;/q2*-1;-2;;;+2;+4/p-2. The Bertz CT molecular complexity index is 1790. The summed E-state index contributed by atoms with van der Waals surface area (Å²) in [5.41, 5.74) is 0.655. The van der Waals surface area contributed by atoms with Gasteiger partial charge in [-0.1, -0.05) is 137 Å². The quantitative estimate of drug-likeness (QED) is 0.0923. The van der Waals surface area contributed by atoms with Crippen LogP contribution in [0.3, 0.4) is 0 Å². The molecule has 0 spiro atoms. The first kappa shape index (κ1) is 45.3. The van der Waals surface area contributed by atoms with Crippen LogP contribution in [-0.2, 0) is 33.0 Å². The van der Waals surface area contributed by atoms with E-state index in [4.69, 9.17) is 19.1 Å². The van der Waals surface area contributed by atoms with Crippen LogP contribution in [0.2, 0.25) is 0 Å². The van der Waals surface area contributed by atoms with Gasteiger partial charge in [-0.05, 0) is 33.4 Å². The fourth-order valence-corrected chi connectivity index (χ4v) is 9.80. The second kappa shape index (κ2) is 25.2. The predicted octanol–water partition coefficient (Wildman–Crippen LogP) is 6.68. The summed E-state index contributed by atoms with van der Waals surface area (Å²) in [6, 6.07) is 64.5. The molecule has 54 heavy (non-hydrogen) atoms. The third kappa shape index (κ3) is 14.5. The summed E-state index contributed by atoms with van der Waals surface area (Å²) in [5, 5.41) is 28.8. The van der Waals surface area contributed by atoms with Crippen molar-refractivity contribution in [3.8, 4) is 5.75 Å². The largest absolute Gasteiger partial charge is 2.00 e. The van der Waals surface area contributed by atoms with Crippen LogP contribution in [0.5, 0.6) is 5.75 Å². The predicted molar refractivity (Wildman–Crippen MR) is 220 cm³/mol. The molecule has 0 N–H and O–H groups in total. The van der Waals surface area contributed by atoms with E-state index in [0.717, 1.165) is 6.07 Å². The van der Waals surface area contributed by atoms with Crippen molar-refractivity contribution in [2.75, 3.05) is 19.0 Å². The topological polar surface area (TPSA) is 58.6 Å². The van der Waals surface area contributed by atoms with E-state index in [9.17, 15) is 14.4 Å². The van der Waals surface area contributed by atoms with Crippen LogP contribution < -0.4 is 51.4 Å². The van der Waals surface area contributed by atoms with Gasteiger partial charge in [0.15, 0.2) is 5.82 Å². The monoisotopic (exact) mass is 927 g/mol. The molecule has 0 unspecified atom stereocenters. The summed E-state index contributed by atoms with van der Waals surface area (Å²) >= 11 is -0.106. The maximum absolute atomic E-state index is 13.0. The number of benzene rings is 5. The minimum absolute atomic E-state index is 0. The average molecular weight is 929 g/mol. The minimum atomic E-state index is -2.51. The van der Waals surface area contributed by atoms with Crippen LogP contribution in [0.15, 0.2) is 188 Å². The van der Waals surface area contributed by atoms with Crippen LogP contribution in [0.1, 0.15) is 0 Å². The fourth-order valence-electron chi connectivity index (χ4n) is 5.19. The molecular formula is C42H37BCl2FFeNO3P2Pd. The van der Waals surface area contributed by atoms with Crippen LogP contribution in [0.4, 0.5) is 10.1 Å². The first-order valence-corrected chi connectivity index (χ1v) is 23.0. The van der Waals surface area contributed by atoms with Gasteiger partial charge in [-0.2, -0.15) is 24.3 Å². The van der Waals surface area contributed by atoms with Gasteiger partial charge in [0.1, 0.15) is 13.1 Å². The third-order valence-corrected chi connectivity index (χ3v) is 12.4. The average Bonchev–Trinajstić information content (AvgIpc) is 3.91. The first-order valence-electron chi connectivity index (χ1n) is 16.3. The Labute approximate surface area is 347 Å². The number of rotatable bonds is 9. The number of anilines is 1. The van der Waals surface area contributed by atoms with E-state index in [0.29, 0.717) is 5.69 Å². The van der Waals surface area contributed by atoms with E-state index in [1.54, 1.807) is 19.0 Å². The zero-order valence-electron chi connectivity index (χ0n) is 29.3. The minimum Gasteiger partial charge on any atom is -0.213 e. The molecule has 7 aromatic carbocycles. The van der Waals surface area contributed by atoms with Gasteiger partial charge in [-0.15, -0.1) is 10.6 Å². The Morgan fingerprint density at radius 3 is 1.17 bits per heavy atom. The van der Waals surface area contributed by atoms with Crippen LogP contribution >= 0.6 is 34.9 Å². The zero-order valence-corrected chi connectivity index (χ0v) is 35.3. The molecule has 0 aliphatic heterocycles. The van der Waals surface area contributed by atoms with E-state index in [1.165, 1.54) is 44.0 Å². The van der Waals surface area contributed by atoms with Crippen molar-refractivity contribution in [1.82, 2.24) is 0 Å². The first-order chi connectivity index (χ1) is 25.8. The van der Waals surface area contributed by atoms with Gasteiger partial charge >= 0.3 is 52.1 Å². The summed E-state index contributed by atoms with van der Waals surface area (Å²) in [6.45, 7) is 0. The maximum Gasteiger partial charge on any atom is 2.00 e. The molecule has 7 aromatic rings. The van der Waals surface area contributed by atoms with Gasteiger partial charge in [0.2, 0.25) is 0 Å². The van der Waals surface area contributed by atoms with Crippen molar-refractivity contribution in [1.29, 1.82) is 0 Å².